The van der Waals surface area contributed by atoms with Crippen molar-refractivity contribution in [2.24, 2.45) is 0 Å². The van der Waals surface area contributed by atoms with Crippen LogP contribution < -0.4 is 0 Å². The van der Waals surface area contributed by atoms with Crippen LogP contribution in [0, 0.1) is 24.0 Å². The molecule has 0 aliphatic carbocycles. The Labute approximate surface area is 128 Å². The predicted octanol–water partition coefficient (Wildman–Crippen LogP) is 3.66. The number of hydrogen-bond donors (Lipinski definition) is 0. The van der Waals surface area contributed by atoms with Gasteiger partial charge in [0.15, 0.2) is 5.78 Å². The molecule has 2 rings (SSSR count). The molecule has 0 radical (unpaired) electrons. The summed E-state index contributed by atoms with van der Waals surface area (Å²) in [5.41, 5.74) is 0.831. The molecule has 0 aliphatic heterocycles. The van der Waals surface area contributed by atoms with Crippen molar-refractivity contribution in [3.63, 3.8) is 0 Å². The highest BCUT2D eigenvalue weighted by Gasteiger charge is 2.24. The van der Waals surface area contributed by atoms with Gasteiger partial charge in [0, 0.05) is 0 Å². The molecule has 20 heavy (non-hydrogen) atoms. The summed E-state index contributed by atoms with van der Waals surface area (Å²) in [6, 6.07) is 1.48. The van der Waals surface area contributed by atoms with Crippen LogP contribution in [0.2, 0.25) is 8.67 Å². The van der Waals surface area contributed by atoms with Crippen molar-refractivity contribution in [2.75, 3.05) is 0 Å². The van der Waals surface area contributed by atoms with Gasteiger partial charge in [0.1, 0.15) is 22.3 Å². The van der Waals surface area contributed by atoms with Crippen LogP contribution in [-0.2, 0) is 6.54 Å². The van der Waals surface area contributed by atoms with Gasteiger partial charge in [-0.3, -0.25) is 19.6 Å². The predicted molar refractivity (Wildman–Crippen MR) is 77.0 cm³/mol. The van der Waals surface area contributed by atoms with Crippen molar-refractivity contribution in [3.05, 3.63) is 41.8 Å². The average Bonchev–Trinajstić information content (AvgIpc) is 2.79. The van der Waals surface area contributed by atoms with Crippen molar-refractivity contribution >= 4 is 46.0 Å². The van der Waals surface area contributed by atoms with Crippen LogP contribution in [0.5, 0.6) is 0 Å². The highest BCUT2D eigenvalue weighted by Crippen LogP contribution is 2.32. The second-order valence-corrected chi connectivity index (χ2v) is 6.38. The molecule has 0 atom stereocenters. The molecule has 0 unspecified atom stereocenters. The van der Waals surface area contributed by atoms with E-state index in [1.807, 2.05) is 0 Å². The molecule has 0 N–H and O–H groups in total. The summed E-state index contributed by atoms with van der Waals surface area (Å²) in [5, 5.41) is 14.9. The van der Waals surface area contributed by atoms with E-state index in [0.717, 1.165) is 11.3 Å². The third-order valence-corrected chi connectivity index (χ3v) is 4.26. The van der Waals surface area contributed by atoms with Gasteiger partial charge in [-0.25, -0.2) is 0 Å². The van der Waals surface area contributed by atoms with E-state index in [1.165, 1.54) is 17.7 Å². The highest BCUT2D eigenvalue weighted by molar-refractivity contribution is 7.20. The third-order valence-electron chi connectivity index (χ3n) is 2.78. The molecule has 106 valence electrons. The fraction of sp³-hybridized carbons (Fsp3) is 0.273. The molecule has 0 amide bonds. The molecule has 6 nitrogen and oxygen atoms in total. The molecule has 0 fully saturated rings. The van der Waals surface area contributed by atoms with Gasteiger partial charge in [-0.15, -0.1) is 11.3 Å². The van der Waals surface area contributed by atoms with Crippen molar-refractivity contribution < 1.29 is 9.72 Å². The lowest BCUT2D eigenvalue weighted by molar-refractivity contribution is -0.386. The summed E-state index contributed by atoms with van der Waals surface area (Å²) < 4.78 is 2.02. The van der Waals surface area contributed by atoms with E-state index >= 15 is 0 Å². The molecule has 2 aromatic heterocycles. The first-order valence-electron chi connectivity index (χ1n) is 5.47. The summed E-state index contributed by atoms with van der Waals surface area (Å²) in [6.07, 6.45) is 0. The standard InChI is InChI=1S/C11H9Cl2N3O3S/c1-5-10(16(18)19)6(2)15(14-5)4-8(17)7-3-9(12)20-11(7)13/h3H,4H2,1-2H3. The molecular weight excluding hydrogens is 325 g/mol. The Morgan fingerprint density at radius 2 is 2.15 bits per heavy atom. The topological polar surface area (TPSA) is 78.0 Å². The Morgan fingerprint density at radius 3 is 2.60 bits per heavy atom. The Hall–Kier alpha value is -1.44. The Bertz CT molecular complexity index is 708. The first-order valence-corrected chi connectivity index (χ1v) is 7.05. The van der Waals surface area contributed by atoms with E-state index in [-0.39, 0.29) is 23.7 Å². The van der Waals surface area contributed by atoms with Crippen LogP contribution in [0.3, 0.4) is 0 Å². The van der Waals surface area contributed by atoms with Crippen LogP contribution >= 0.6 is 34.5 Å². The van der Waals surface area contributed by atoms with E-state index in [4.69, 9.17) is 23.2 Å². The second-order valence-electron chi connectivity index (χ2n) is 4.10. The van der Waals surface area contributed by atoms with E-state index < -0.39 is 4.92 Å². The first-order chi connectivity index (χ1) is 9.31. The molecule has 0 spiro atoms. The number of thiophene rings is 1. The van der Waals surface area contributed by atoms with Gasteiger partial charge >= 0.3 is 5.69 Å². The van der Waals surface area contributed by atoms with Crippen molar-refractivity contribution in [1.29, 1.82) is 0 Å². The number of carbonyl (C=O) groups excluding carboxylic acids is 1. The lowest BCUT2D eigenvalue weighted by Gasteiger charge is -2.02. The van der Waals surface area contributed by atoms with E-state index in [0.29, 0.717) is 19.9 Å². The van der Waals surface area contributed by atoms with Crippen molar-refractivity contribution in [3.8, 4) is 0 Å². The summed E-state index contributed by atoms with van der Waals surface area (Å²) in [7, 11) is 0. The third kappa shape index (κ3) is 2.70. The molecule has 0 aromatic carbocycles. The molecule has 0 saturated carbocycles. The molecule has 0 saturated heterocycles. The zero-order chi connectivity index (χ0) is 15.0. The Morgan fingerprint density at radius 1 is 1.50 bits per heavy atom. The first kappa shape index (κ1) is 15.0. The number of aryl methyl sites for hydroxylation is 1. The van der Waals surface area contributed by atoms with E-state index in [1.54, 1.807) is 6.92 Å². The second kappa shape index (κ2) is 5.51. The number of ketones is 1. The van der Waals surface area contributed by atoms with Gasteiger partial charge in [0.2, 0.25) is 0 Å². The molecule has 9 heteroatoms. The van der Waals surface area contributed by atoms with Gasteiger partial charge < -0.3 is 0 Å². The largest absolute Gasteiger partial charge is 0.312 e. The number of halogens is 2. The fourth-order valence-electron chi connectivity index (χ4n) is 1.86. The number of aromatic nitrogens is 2. The summed E-state index contributed by atoms with van der Waals surface area (Å²) >= 11 is 12.8. The van der Waals surface area contributed by atoms with Crippen LogP contribution in [0.4, 0.5) is 5.69 Å². The number of nitro groups is 1. The molecule has 0 bridgehead atoms. The minimum absolute atomic E-state index is 0.0766. The zero-order valence-corrected chi connectivity index (χ0v) is 12.8. The number of carbonyl (C=O) groups is 1. The molecule has 2 heterocycles. The lowest BCUT2D eigenvalue weighted by Crippen LogP contribution is -2.13. The molecular formula is C11H9Cl2N3O3S. The lowest BCUT2D eigenvalue weighted by atomic mass is 10.2. The number of Topliss-reactive ketones (excluding diaryl/α,β-unsaturated/α-hetero) is 1. The zero-order valence-electron chi connectivity index (χ0n) is 10.5. The van der Waals surface area contributed by atoms with Crippen LogP contribution in [0.15, 0.2) is 6.07 Å². The molecule has 0 aliphatic rings. The maximum absolute atomic E-state index is 12.1. The van der Waals surface area contributed by atoms with Gasteiger partial charge in [-0.2, -0.15) is 5.10 Å². The van der Waals surface area contributed by atoms with E-state index in [9.17, 15) is 14.9 Å². The quantitative estimate of drug-likeness (QED) is 0.486. The summed E-state index contributed by atoms with van der Waals surface area (Å²) in [6.45, 7) is 2.96. The number of hydrogen-bond acceptors (Lipinski definition) is 5. The van der Waals surface area contributed by atoms with Crippen molar-refractivity contribution in [2.45, 2.75) is 20.4 Å². The maximum Gasteiger partial charge on any atom is 0.312 e. The van der Waals surface area contributed by atoms with Gasteiger partial charge in [-0.1, -0.05) is 23.2 Å². The van der Waals surface area contributed by atoms with E-state index in [2.05, 4.69) is 5.10 Å². The minimum Gasteiger partial charge on any atom is -0.292 e. The smallest absolute Gasteiger partial charge is 0.292 e. The average molecular weight is 334 g/mol. The van der Waals surface area contributed by atoms with Gasteiger partial charge in [0.25, 0.3) is 0 Å². The summed E-state index contributed by atoms with van der Waals surface area (Å²) in [5.74, 6) is -0.293. The van der Waals surface area contributed by atoms with Crippen LogP contribution in [0.1, 0.15) is 21.7 Å². The SMILES string of the molecule is Cc1nn(CC(=O)c2cc(Cl)sc2Cl)c(C)c1[N+](=O)[O-]. The van der Waals surface area contributed by atoms with Crippen LogP contribution in [-0.4, -0.2) is 20.5 Å². The normalized spacial score (nSPS) is 10.8. The highest BCUT2D eigenvalue weighted by atomic mass is 35.5. The number of nitrogens with zero attached hydrogens (tertiary/aromatic N) is 3. The van der Waals surface area contributed by atoms with Crippen LogP contribution in [0.25, 0.3) is 0 Å². The Kier molecular flexibility index (Phi) is 4.12. The minimum atomic E-state index is -0.507. The monoisotopic (exact) mass is 333 g/mol. The van der Waals surface area contributed by atoms with Gasteiger partial charge in [-0.05, 0) is 19.9 Å². The molecule has 2 aromatic rings. The Balaban J connectivity index is 2.31. The number of rotatable bonds is 4. The summed E-state index contributed by atoms with van der Waals surface area (Å²) in [4.78, 5) is 22.5. The maximum atomic E-state index is 12.1. The fourth-order valence-corrected chi connectivity index (χ4v) is 3.36. The van der Waals surface area contributed by atoms with Gasteiger partial charge in [0.05, 0.1) is 14.8 Å². The van der Waals surface area contributed by atoms with Crippen molar-refractivity contribution in [1.82, 2.24) is 9.78 Å².